The van der Waals surface area contributed by atoms with E-state index < -0.39 is 24.0 Å². The monoisotopic (exact) mass is 393 g/mol. The molecule has 3 heterocycles. The van der Waals surface area contributed by atoms with Crippen LogP contribution in [0, 0.1) is 11.8 Å². The number of carboxylic acid groups (broad SMARTS) is 1. The van der Waals surface area contributed by atoms with Crippen LogP contribution in [0.4, 0.5) is 5.82 Å². The molecule has 0 radical (unpaired) electrons. The number of aldehydes is 1. The third-order valence-electron chi connectivity index (χ3n) is 5.66. The first-order valence-corrected chi connectivity index (χ1v) is 9.70. The molecule has 3 rings (SSSR count). The minimum Gasteiger partial charge on any atom is -0.480 e. The van der Waals surface area contributed by atoms with Crippen LogP contribution in [0.25, 0.3) is 0 Å². The molecule has 1 amide bonds. The Kier molecular flexibility index (Phi) is 6.02. The van der Waals surface area contributed by atoms with Crippen LogP contribution in [0.5, 0.6) is 0 Å². The minimum atomic E-state index is -1.12. The second-order valence-electron chi connectivity index (χ2n) is 8.00. The summed E-state index contributed by atoms with van der Waals surface area (Å²) in [4.78, 5) is 38.8. The molecule has 0 spiro atoms. The number of aromatic nitrogens is 1. The van der Waals surface area contributed by atoms with Crippen LogP contribution in [0.2, 0.25) is 0 Å². The molecule has 0 aliphatic carbocycles. The molecule has 0 bridgehead atoms. The van der Waals surface area contributed by atoms with E-state index in [1.807, 2.05) is 18.7 Å². The predicted molar refractivity (Wildman–Crippen MR) is 98.8 cm³/mol. The van der Waals surface area contributed by atoms with Crippen LogP contribution in [0.3, 0.4) is 0 Å². The van der Waals surface area contributed by atoms with E-state index in [9.17, 15) is 24.6 Å². The fourth-order valence-electron chi connectivity index (χ4n) is 4.05. The summed E-state index contributed by atoms with van der Waals surface area (Å²) in [5, 5.41) is 23.3. The molecule has 9 nitrogen and oxygen atoms in total. The van der Waals surface area contributed by atoms with E-state index in [1.165, 1.54) is 4.90 Å². The highest BCUT2D eigenvalue weighted by atomic mass is 16.5. The molecule has 2 aliphatic rings. The fourth-order valence-corrected chi connectivity index (χ4v) is 4.05. The Bertz CT molecular complexity index is 725. The van der Waals surface area contributed by atoms with Gasteiger partial charge < -0.3 is 29.3 Å². The van der Waals surface area contributed by atoms with E-state index in [2.05, 4.69) is 5.16 Å². The highest BCUT2D eigenvalue weighted by molar-refractivity contribution is 5.88. The number of carbonyl (C=O) groups is 3. The number of hydrogen-bond donors (Lipinski definition) is 2. The number of aliphatic hydroxyl groups excluding tert-OH is 1. The number of anilines is 1. The Morgan fingerprint density at radius 2 is 2.00 bits per heavy atom. The number of aliphatic hydroxyl groups is 1. The molecular formula is C19H27N3O6. The van der Waals surface area contributed by atoms with Crippen LogP contribution in [-0.2, 0) is 14.4 Å². The standard InChI is InChI=1S/C19H27N3O6/c1-11(2)17(18(25)22-9-13(24)7-14(22)19(26)27)15-8-16(20-28-15)21-5-3-12(10-23)4-6-21/h8,10-14,17,24H,3-7,9H2,1-2H3,(H,26,27)/t13-,14+,17-/m1/s1. The summed E-state index contributed by atoms with van der Waals surface area (Å²) >= 11 is 0. The zero-order valence-corrected chi connectivity index (χ0v) is 16.2. The molecule has 0 unspecified atom stereocenters. The number of likely N-dealkylation sites (tertiary alicyclic amines) is 1. The summed E-state index contributed by atoms with van der Waals surface area (Å²) in [5.74, 6) is -1.23. The van der Waals surface area contributed by atoms with E-state index in [4.69, 9.17) is 4.52 Å². The molecule has 0 aromatic carbocycles. The molecular weight excluding hydrogens is 366 g/mol. The fraction of sp³-hybridized carbons (Fsp3) is 0.684. The number of carboxylic acids is 1. The summed E-state index contributed by atoms with van der Waals surface area (Å²) in [6, 6.07) is 0.694. The van der Waals surface area contributed by atoms with Crippen molar-refractivity contribution in [2.75, 3.05) is 24.5 Å². The summed E-state index contributed by atoms with van der Waals surface area (Å²) in [7, 11) is 0. The third-order valence-corrected chi connectivity index (χ3v) is 5.66. The number of aliphatic carboxylic acids is 1. The maximum Gasteiger partial charge on any atom is 0.326 e. The van der Waals surface area contributed by atoms with E-state index in [0.717, 1.165) is 19.1 Å². The number of amides is 1. The lowest BCUT2D eigenvalue weighted by atomic mass is 9.91. The van der Waals surface area contributed by atoms with Gasteiger partial charge in [-0.2, -0.15) is 0 Å². The van der Waals surface area contributed by atoms with Gasteiger partial charge in [-0.1, -0.05) is 19.0 Å². The third kappa shape index (κ3) is 4.04. The average Bonchev–Trinajstić information content (AvgIpc) is 3.28. The van der Waals surface area contributed by atoms with Gasteiger partial charge in [-0.25, -0.2) is 4.79 Å². The first-order chi connectivity index (χ1) is 13.3. The molecule has 3 atom stereocenters. The zero-order chi connectivity index (χ0) is 20.4. The van der Waals surface area contributed by atoms with Crippen LogP contribution in [-0.4, -0.2) is 70.2 Å². The normalized spacial score (nSPS) is 24.6. The lowest BCUT2D eigenvalue weighted by Crippen LogP contribution is -2.44. The number of hydrogen-bond acceptors (Lipinski definition) is 7. The van der Waals surface area contributed by atoms with Gasteiger partial charge in [0.2, 0.25) is 5.91 Å². The van der Waals surface area contributed by atoms with Crippen molar-refractivity contribution < 1.29 is 29.1 Å². The van der Waals surface area contributed by atoms with Crippen molar-refractivity contribution in [1.82, 2.24) is 10.1 Å². The number of β-amino-alcohol motifs (C(OH)–C–C–N with tert-alkyl or cyclic N) is 1. The van der Waals surface area contributed by atoms with Crippen LogP contribution in [0.15, 0.2) is 10.6 Å². The van der Waals surface area contributed by atoms with Gasteiger partial charge in [0.15, 0.2) is 11.6 Å². The molecule has 1 aromatic rings. The smallest absolute Gasteiger partial charge is 0.326 e. The Morgan fingerprint density at radius 1 is 1.32 bits per heavy atom. The van der Waals surface area contributed by atoms with Crippen molar-refractivity contribution in [3.05, 3.63) is 11.8 Å². The molecule has 2 fully saturated rings. The second-order valence-corrected chi connectivity index (χ2v) is 8.00. The SMILES string of the molecule is CC(C)[C@@H](C(=O)N1C[C@H](O)C[C@H]1C(=O)O)c1cc(N2CCC(C=O)CC2)no1. The van der Waals surface area contributed by atoms with E-state index in [0.29, 0.717) is 24.7 Å². The van der Waals surface area contributed by atoms with Crippen molar-refractivity contribution in [2.24, 2.45) is 11.8 Å². The Hall–Kier alpha value is -2.42. The predicted octanol–water partition coefficient (Wildman–Crippen LogP) is 0.876. The number of nitrogens with zero attached hydrogens (tertiary/aromatic N) is 3. The number of rotatable bonds is 6. The maximum atomic E-state index is 13.1. The highest BCUT2D eigenvalue weighted by Gasteiger charge is 2.43. The molecule has 2 saturated heterocycles. The summed E-state index contributed by atoms with van der Waals surface area (Å²) in [5.41, 5.74) is 0. The van der Waals surface area contributed by atoms with Gasteiger partial charge in [-0.05, 0) is 18.8 Å². The van der Waals surface area contributed by atoms with Crippen molar-refractivity contribution in [3.63, 3.8) is 0 Å². The van der Waals surface area contributed by atoms with Crippen molar-refractivity contribution >= 4 is 24.0 Å². The highest BCUT2D eigenvalue weighted by Crippen LogP contribution is 2.33. The van der Waals surface area contributed by atoms with Crippen LogP contribution in [0.1, 0.15) is 44.8 Å². The average molecular weight is 393 g/mol. The van der Waals surface area contributed by atoms with Gasteiger partial charge >= 0.3 is 5.97 Å². The van der Waals surface area contributed by atoms with Crippen molar-refractivity contribution in [2.45, 2.75) is 51.2 Å². The topological polar surface area (TPSA) is 124 Å². The van der Waals surface area contributed by atoms with E-state index in [1.54, 1.807) is 6.07 Å². The molecule has 2 N–H and O–H groups in total. The number of carbonyl (C=O) groups excluding carboxylic acids is 2. The van der Waals surface area contributed by atoms with Gasteiger partial charge in [-0.15, -0.1) is 0 Å². The van der Waals surface area contributed by atoms with E-state index >= 15 is 0 Å². The van der Waals surface area contributed by atoms with Gasteiger partial charge in [0.05, 0.1) is 6.10 Å². The Labute approximate surface area is 163 Å². The van der Waals surface area contributed by atoms with E-state index in [-0.39, 0.29) is 30.7 Å². The van der Waals surface area contributed by atoms with Gasteiger partial charge in [-0.3, -0.25) is 4.79 Å². The Balaban J connectivity index is 1.78. The summed E-state index contributed by atoms with van der Waals surface area (Å²) in [6.45, 7) is 5.11. The molecule has 2 aliphatic heterocycles. The maximum absolute atomic E-state index is 13.1. The molecule has 1 aromatic heterocycles. The molecule has 9 heteroatoms. The van der Waals surface area contributed by atoms with Gasteiger partial charge in [0.1, 0.15) is 18.2 Å². The molecule has 154 valence electrons. The molecule has 28 heavy (non-hydrogen) atoms. The van der Waals surface area contributed by atoms with Crippen LogP contribution < -0.4 is 4.90 Å². The quantitative estimate of drug-likeness (QED) is 0.683. The van der Waals surface area contributed by atoms with Crippen molar-refractivity contribution in [1.29, 1.82) is 0 Å². The lowest BCUT2D eigenvalue weighted by molar-refractivity contribution is -0.149. The van der Waals surface area contributed by atoms with Gasteiger partial charge in [0, 0.05) is 38.0 Å². The van der Waals surface area contributed by atoms with Crippen LogP contribution >= 0.6 is 0 Å². The molecule has 0 saturated carbocycles. The number of piperidine rings is 1. The van der Waals surface area contributed by atoms with Crippen molar-refractivity contribution in [3.8, 4) is 0 Å². The lowest BCUT2D eigenvalue weighted by Gasteiger charge is -2.29. The first kappa shape index (κ1) is 20.3. The Morgan fingerprint density at radius 3 is 2.57 bits per heavy atom. The summed E-state index contributed by atoms with van der Waals surface area (Å²) < 4.78 is 5.48. The zero-order valence-electron chi connectivity index (χ0n) is 16.2. The largest absolute Gasteiger partial charge is 0.480 e. The van der Waals surface area contributed by atoms with Gasteiger partial charge in [0.25, 0.3) is 0 Å². The minimum absolute atomic E-state index is 0.000771. The first-order valence-electron chi connectivity index (χ1n) is 9.70. The summed E-state index contributed by atoms with van der Waals surface area (Å²) in [6.07, 6.45) is 1.68. The second kappa shape index (κ2) is 8.30.